The number of aliphatic hydroxyl groups is 11. The molecule has 3 aliphatic heterocycles. The first-order valence-electron chi connectivity index (χ1n) is 23.4. The monoisotopic (exact) mass is 930 g/mol. The molecule has 4 aliphatic carbocycles. The van der Waals surface area contributed by atoms with E-state index in [-0.39, 0.29) is 18.3 Å². The zero-order valence-corrected chi connectivity index (χ0v) is 38.3. The fourth-order valence-electron chi connectivity index (χ4n) is 13.4. The zero-order chi connectivity index (χ0) is 47.7. The Bertz CT molecular complexity index is 1750. The van der Waals surface area contributed by atoms with E-state index in [9.17, 15) is 66.1 Å². The molecule has 7 aliphatic rings. The maximum Gasteiger partial charge on any atom is 0.314 e. The van der Waals surface area contributed by atoms with Gasteiger partial charge in [0.1, 0.15) is 67.1 Å². The SMILES string of the molecule is CC(C)=CCC(O)C(C)C1CCC2(C(=O)O)C3=C(CCC12C)C1(C)CCC(OC2OC(CO)C(O)C(O)C2OC2OCC(OC4OC(CO)C(O)C(O)C4O)C(O)C2O)C(C)(O)C1CC3. The molecule has 372 valence electrons. The number of fused-ring (bicyclic) bond motifs is 4. The average Bonchev–Trinajstić information content (AvgIpc) is 3.59. The van der Waals surface area contributed by atoms with Gasteiger partial charge in [0.2, 0.25) is 0 Å². The van der Waals surface area contributed by atoms with Gasteiger partial charge in [0, 0.05) is 0 Å². The molecule has 0 amide bonds. The van der Waals surface area contributed by atoms with Crippen molar-refractivity contribution >= 4 is 5.97 Å². The standard InChI is InChI=1S/C46H74O19/c1-20(2)7-9-25(49)21(3)22-12-16-46(42(57)58)24-8-10-29-43(4,23(24)11-15-44(22,46)5)14-13-30(45(29,6)59)64-41-38(35(54)32(51)27(18-48)62-41)65-39-36(55)33(52)28(19-60-39)63-40-37(56)34(53)31(50)26(17-47)61-40/h7,21-22,25-41,47-56,59H,8-19H2,1-6H3,(H,57,58). The highest BCUT2D eigenvalue weighted by Gasteiger charge is 2.69. The summed E-state index contributed by atoms with van der Waals surface area (Å²) in [6, 6.07) is 0. The van der Waals surface area contributed by atoms with E-state index in [1.165, 1.54) is 0 Å². The van der Waals surface area contributed by atoms with Crippen LogP contribution in [0.15, 0.2) is 22.8 Å². The molecule has 0 aromatic rings. The van der Waals surface area contributed by atoms with Gasteiger partial charge < -0.3 is 89.7 Å². The minimum Gasteiger partial charge on any atom is -0.481 e. The summed E-state index contributed by atoms with van der Waals surface area (Å²) < 4.78 is 35.2. The molecule has 23 atom stereocenters. The summed E-state index contributed by atoms with van der Waals surface area (Å²) in [7, 11) is 0. The molecule has 19 nitrogen and oxygen atoms in total. The molecule has 0 aromatic carbocycles. The Hall–Kier alpha value is -1.73. The quantitative estimate of drug-likeness (QED) is 0.102. The van der Waals surface area contributed by atoms with Gasteiger partial charge in [-0.15, -0.1) is 0 Å². The first-order valence-corrected chi connectivity index (χ1v) is 23.4. The molecular weight excluding hydrogens is 856 g/mol. The van der Waals surface area contributed by atoms with Gasteiger partial charge >= 0.3 is 5.97 Å². The van der Waals surface area contributed by atoms with E-state index in [2.05, 4.69) is 13.8 Å². The maximum absolute atomic E-state index is 13.8. The summed E-state index contributed by atoms with van der Waals surface area (Å²) in [5, 5.41) is 130. The van der Waals surface area contributed by atoms with E-state index in [0.717, 1.165) is 16.7 Å². The third kappa shape index (κ3) is 8.59. The summed E-state index contributed by atoms with van der Waals surface area (Å²) in [5.41, 5.74) is -0.752. The molecule has 65 heavy (non-hydrogen) atoms. The Balaban J connectivity index is 1.08. The number of carbonyl (C=O) groups is 1. The molecule has 3 saturated heterocycles. The summed E-state index contributed by atoms with van der Waals surface area (Å²) in [4.78, 5) is 13.8. The Morgan fingerprint density at radius 2 is 1.38 bits per heavy atom. The lowest BCUT2D eigenvalue weighted by molar-refractivity contribution is -0.380. The molecular formula is C46H74O19. The van der Waals surface area contributed by atoms with E-state index in [1.54, 1.807) is 6.92 Å². The van der Waals surface area contributed by atoms with Crippen molar-refractivity contribution in [1.29, 1.82) is 0 Å². The van der Waals surface area contributed by atoms with Crippen molar-refractivity contribution in [2.24, 2.45) is 34.0 Å². The normalized spacial score (nSPS) is 49.9. The van der Waals surface area contributed by atoms with E-state index in [4.69, 9.17) is 28.4 Å². The van der Waals surface area contributed by atoms with Crippen molar-refractivity contribution in [3.63, 3.8) is 0 Å². The van der Waals surface area contributed by atoms with Gasteiger partial charge in [-0.25, -0.2) is 0 Å². The van der Waals surface area contributed by atoms with Crippen LogP contribution in [-0.4, -0.2) is 191 Å². The summed E-state index contributed by atoms with van der Waals surface area (Å²) >= 11 is 0. The van der Waals surface area contributed by atoms with Crippen molar-refractivity contribution in [2.45, 2.75) is 203 Å². The number of aliphatic carboxylic acids is 1. The second-order valence-electron chi connectivity index (χ2n) is 20.9. The lowest BCUT2D eigenvalue weighted by atomic mass is 9.44. The fraction of sp³-hybridized carbons (Fsp3) is 0.891. The lowest BCUT2D eigenvalue weighted by Crippen LogP contribution is -2.66. The number of carboxylic acids is 1. The van der Waals surface area contributed by atoms with Crippen molar-refractivity contribution in [3.05, 3.63) is 22.8 Å². The Kier molecular flexibility index (Phi) is 15.1. The van der Waals surface area contributed by atoms with Crippen molar-refractivity contribution < 1.29 is 94.5 Å². The van der Waals surface area contributed by atoms with Crippen LogP contribution in [-0.2, 0) is 33.2 Å². The summed E-state index contributed by atoms with van der Waals surface area (Å²) in [6.07, 6.45) is -17.9. The number of hydrogen-bond donors (Lipinski definition) is 12. The van der Waals surface area contributed by atoms with Crippen LogP contribution < -0.4 is 0 Å². The first kappa shape index (κ1) is 51.1. The highest BCUT2D eigenvalue weighted by atomic mass is 16.8. The van der Waals surface area contributed by atoms with Gasteiger partial charge in [0.05, 0.1) is 43.0 Å². The molecule has 0 aromatic heterocycles. The Morgan fingerprint density at radius 1 is 0.754 bits per heavy atom. The van der Waals surface area contributed by atoms with Gasteiger partial charge in [-0.05, 0) is 107 Å². The highest BCUT2D eigenvalue weighted by molar-refractivity contribution is 5.82. The van der Waals surface area contributed by atoms with E-state index >= 15 is 0 Å². The second-order valence-corrected chi connectivity index (χ2v) is 20.9. The van der Waals surface area contributed by atoms with Crippen LogP contribution in [0, 0.1) is 34.0 Å². The molecule has 23 unspecified atom stereocenters. The largest absolute Gasteiger partial charge is 0.481 e. The summed E-state index contributed by atoms with van der Waals surface area (Å²) in [6.45, 7) is 9.95. The number of hydrogen-bond acceptors (Lipinski definition) is 18. The molecule has 19 heteroatoms. The van der Waals surface area contributed by atoms with E-state index in [1.807, 2.05) is 26.8 Å². The fourth-order valence-corrected chi connectivity index (χ4v) is 13.4. The van der Waals surface area contributed by atoms with Gasteiger partial charge in [-0.3, -0.25) is 4.79 Å². The molecule has 12 N–H and O–H groups in total. The van der Waals surface area contributed by atoms with Crippen LogP contribution in [0.4, 0.5) is 0 Å². The van der Waals surface area contributed by atoms with Crippen molar-refractivity contribution in [3.8, 4) is 0 Å². The molecule has 0 radical (unpaired) electrons. The van der Waals surface area contributed by atoms with Crippen LogP contribution in [0.25, 0.3) is 0 Å². The number of allylic oxidation sites excluding steroid dienone is 2. The van der Waals surface area contributed by atoms with Crippen molar-refractivity contribution in [2.75, 3.05) is 19.8 Å². The predicted octanol–water partition coefficient (Wildman–Crippen LogP) is -0.649. The van der Waals surface area contributed by atoms with Crippen LogP contribution >= 0.6 is 0 Å². The summed E-state index contributed by atoms with van der Waals surface area (Å²) in [5.74, 6) is -1.38. The van der Waals surface area contributed by atoms with E-state index < -0.39 is 152 Å². The molecule has 0 bridgehead atoms. The Labute approximate surface area is 379 Å². The third-order valence-corrected chi connectivity index (χ3v) is 17.2. The minimum atomic E-state index is -1.89. The van der Waals surface area contributed by atoms with Crippen LogP contribution in [0.2, 0.25) is 0 Å². The minimum absolute atomic E-state index is 0.0112. The number of ether oxygens (including phenoxy) is 6. The average molecular weight is 931 g/mol. The Morgan fingerprint density at radius 3 is 2.02 bits per heavy atom. The smallest absolute Gasteiger partial charge is 0.314 e. The van der Waals surface area contributed by atoms with Gasteiger partial charge in [-0.1, -0.05) is 43.6 Å². The van der Waals surface area contributed by atoms with Gasteiger partial charge in [0.15, 0.2) is 18.9 Å². The maximum atomic E-state index is 13.8. The number of aliphatic hydroxyl groups excluding tert-OH is 10. The molecule has 5 fully saturated rings. The zero-order valence-electron chi connectivity index (χ0n) is 38.3. The van der Waals surface area contributed by atoms with Crippen LogP contribution in [0.5, 0.6) is 0 Å². The van der Waals surface area contributed by atoms with Crippen LogP contribution in [0.1, 0.15) is 99.3 Å². The number of rotatable bonds is 13. The first-order chi connectivity index (χ1) is 30.5. The lowest BCUT2D eigenvalue weighted by Gasteiger charge is -2.61. The highest BCUT2D eigenvalue weighted by Crippen LogP contribution is 2.72. The van der Waals surface area contributed by atoms with Crippen LogP contribution in [0.3, 0.4) is 0 Å². The number of carboxylic acid groups (broad SMARTS) is 1. The third-order valence-electron chi connectivity index (χ3n) is 17.2. The van der Waals surface area contributed by atoms with Gasteiger partial charge in [-0.2, -0.15) is 0 Å². The van der Waals surface area contributed by atoms with E-state index in [0.29, 0.717) is 51.4 Å². The molecule has 3 heterocycles. The molecule has 2 saturated carbocycles. The van der Waals surface area contributed by atoms with Gasteiger partial charge in [0.25, 0.3) is 0 Å². The molecule has 0 spiro atoms. The van der Waals surface area contributed by atoms with Crippen molar-refractivity contribution in [1.82, 2.24) is 0 Å². The topological polar surface area (TPSA) is 315 Å². The molecule has 7 rings (SSSR count). The second kappa shape index (κ2) is 19.2. The predicted molar refractivity (Wildman–Crippen MR) is 225 cm³/mol.